The lowest BCUT2D eigenvalue weighted by atomic mass is 10.2. The van der Waals surface area contributed by atoms with Crippen molar-refractivity contribution in [1.82, 2.24) is 4.98 Å². The Morgan fingerprint density at radius 2 is 2.10 bits per heavy atom. The summed E-state index contributed by atoms with van der Waals surface area (Å²) < 4.78 is 39.7. The van der Waals surface area contributed by atoms with E-state index >= 15 is 0 Å². The molecule has 1 aromatic carbocycles. The molecule has 0 radical (unpaired) electrons. The van der Waals surface area contributed by atoms with Crippen molar-refractivity contribution in [1.29, 1.82) is 0 Å². The van der Waals surface area contributed by atoms with Crippen LogP contribution in [-0.2, 0) is 6.54 Å². The number of nitrogens with one attached hydrogen (secondary N) is 1. The second kappa shape index (κ2) is 5.63. The van der Waals surface area contributed by atoms with Gasteiger partial charge >= 0.3 is 5.69 Å². The van der Waals surface area contributed by atoms with Crippen molar-refractivity contribution < 1.29 is 18.1 Å². The molecule has 10 heteroatoms. The van der Waals surface area contributed by atoms with Gasteiger partial charge in [-0.25, -0.2) is 13.8 Å². The van der Waals surface area contributed by atoms with Crippen molar-refractivity contribution in [3.63, 3.8) is 0 Å². The van der Waals surface area contributed by atoms with Crippen molar-refractivity contribution in [2.45, 2.75) is 6.54 Å². The number of benzene rings is 1. The van der Waals surface area contributed by atoms with E-state index in [-0.39, 0.29) is 11.0 Å². The van der Waals surface area contributed by atoms with Crippen molar-refractivity contribution in [2.24, 2.45) is 0 Å². The minimum atomic E-state index is -1.89. The van der Waals surface area contributed by atoms with Crippen LogP contribution in [0.5, 0.6) is 0 Å². The normalized spacial score (nSPS) is 10.6. The molecular weight excluding hydrogens is 319 g/mol. The fraction of sp³-hybridized carbons (Fsp3) is 0.100. The van der Waals surface area contributed by atoms with E-state index in [0.717, 1.165) is 11.3 Å². The molecule has 5 nitrogen and oxygen atoms in total. The van der Waals surface area contributed by atoms with E-state index in [4.69, 9.17) is 11.6 Å². The van der Waals surface area contributed by atoms with Gasteiger partial charge in [0.1, 0.15) is 5.69 Å². The minimum Gasteiger partial charge on any atom is -0.374 e. The molecular formula is C10H5ClF3N3O2S. The number of anilines is 1. The number of hydrogen-bond donors (Lipinski definition) is 1. The molecule has 0 unspecified atom stereocenters. The lowest BCUT2D eigenvalue weighted by molar-refractivity contribution is -0.386. The first-order valence-electron chi connectivity index (χ1n) is 5.06. The van der Waals surface area contributed by atoms with Gasteiger partial charge in [0.2, 0.25) is 11.6 Å². The van der Waals surface area contributed by atoms with Crippen molar-refractivity contribution in [3.8, 4) is 0 Å². The molecule has 0 aliphatic rings. The molecule has 2 aromatic rings. The van der Waals surface area contributed by atoms with Gasteiger partial charge in [-0.15, -0.1) is 11.3 Å². The summed E-state index contributed by atoms with van der Waals surface area (Å²) in [6.07, 6.45) is 1.40. The molecule has 0 saturated heterocycles. The van der Waals surface area contributed by atoms with Gasteiger partial charge in [-0.2, -0.15) is 4.39 Å². The number of rotatable bonds is 4. The summed E-state index contributed by atoms with van der Waals surface area (Å²) in [7, 11) is 0. The predicted octanol–water partition coefficient (Wildman–Crippen LogP) is 3.73. The first kappa shape index (κ1) is 14.5. The molecule has 106 valence electrons. The molecule has 2 rings (SSSR count). The highest BCUT2D eigenvalue weighted by Gasteiger charge is 2.27. The minimum absolute atomic E-state index is 0.00966. The summed E-state index contributed by atoms with van der Waals surface area (Å²) in [6.45, 7) is 0.00966. The van der Waals surface area contributed by atoms with E-state index in [2.05, 4.69) is 10.3 Å². The highest BCUT2D eigenvalue weighted by molar-refractivity contribution is 7.15. The van der Waals surface area contributed by atoms with Crippen molar-refractivity contribution in [2.75, 3.05) is 5.32 Å². The van der Waals surface area contributed by atoms with Crippen molar-refractivity contribution in [3.05, 3.63) is 49.2 Å². The molecule has 0 fully saturated rings. The van der Waals surface area contributed by atoms with E-state index in [1.807, 2.05) is 0 Å². The Morgan fingerprint density at radius 1 is 1.40 bits per heavy atom. The molecule has 0 atom stereocenters. The third kappa shape index (κ3) is 2.83. The number of nitro benzene ring substituents is 1. The zero-order chi connectivity index (χ0) is 14.9. The fourth-order valence-corrected chi connectivity index (χ4v) is 2.36. The average Bonchev–Trinajstić information content (AvgIpc) is 2.78. The van der Waals surface area contributed by atoms with Crippen LogP contribution in [0.4, 0.5) is 24.5 Å². The van der Waals surface area contributed by atoms with Gasteiger partial charge in [0.05, 0.1) is 11.5 Å². The van der Waals surface area contributed by atoms with Crippen LogP contribution in [0.1, 0.15) is 4.88 Å². The SMILES string of the molecule is O=[N+]([O-])c1c(NCc2cnc(Cl)s2)cc(F)c(F)c1F. The standard InChI is InChI=1S/C10H5ClF3N3O2S/c11-10-16-3-4(20-10)2-15-6-1-5(12)7(13)8(14)9(6)17(18)19/h1,3,15H,2H2. The summed E-state index contributed by atoms with van der Waals surface area (Å²) in [4.78, 5) is 13.9. The molecule has 1 N–H and O–H groups in total. The summed E-state index contributed by atoms with van der Waals surface area (Å²) >= 11 is 6.69. The second-order valence-corrected chi connectivity index (χ2v) is 5.27. The maximum absolute atomic E-state index is 13.4. The molecule has 1 heterocycles. The highest BCUT2D eigenvalue weighted by Crippen LogP contribution is 2.32. The smallest absolute Gasteiger partial charge is 0.330 e. The van der Waals surface area contributed by atoms with E-state index in [0.29, 0.717) is 10.9 Å². The van der Waals surface area contributed by atoms with Crippen LogP contribution < -0.4 is 5.32 Å². The fourth-order valence-electron chi connectivity index (χ4n) is 1.45. The van der Waals surface area contributed by atoms with Crippen molar-refractivity contribution >= 4 is 34.3 Å². The summed E-state index contributed by atoms with van der Waals surface area (Å²) in [5.74, 6) is -5.25. The van der Waals surface area contributed by atoms with Crippen LogP contribution in [0, 0.1) is 27.6 Å². The zero-order valence-electron chi connectivity index (χ0n) is 9.49. The molecule has 20 heavy (non-hydrogen) atoms. The zero-order valence-corrected chi connectivity index (χ0v) is 11.1. The van der Waals surface area contributed by atoms with Gasteiger partial charge in [-0.05, 0) is 0 Å². The summed E-state index contributed by atoms with van der Waals surface area (Å²) in [5, 5.41) is 13.2. The van der Waals surface area contributed by atoms with Crippen LogP contribution in [0.3, 0.4) is 0 Å². The Labute approximate surface area is 119 Å². The number of halogens is 4. The van der Waals surface area contributed by atoms with Crippen LogP contribution in [-0.4, -0.2) is 9.91 Å². The van der Waals surface area contributed by atoms with Gasteiger partial charge in [-0.3, -0.25) is 10.1 Å². The van der Waals surface area contributed by atoms with E-state index in [1.54, 1.807) is 0 Å². The van der Waals surface area contributed by atoms with Crippen LogP contribution in [0.25, 0.3) is 0 Å². The maximum Gasteiger partial charge on any atom is 0.330 e. The molecule has 0 aliphatic heterocycles. The Morgan fingerprint density at radius 3 is 2.65 bits per heavy atom. The monoisotopic (exact) mass is 323 g/mol. The number of hydrogen-bond acceptors (Lipinski definition) is 5. The Kier molecular flexibility index (Phi) is 4.09. The first-order chi connectivity index (χ1) is 9.40. The van der Waals surface area contributed by atoms with Crippen LogP contribution >= 0.6 is 22.9 Å². The second-order valence-electron chi connectivity index (χ2n) is 3.57. The van der Waals surface area contributed by atoms with E-state index < -0.39 is 33.7 Å². The maximum atomic E-state index is 13.4. The predicted molar refractivity (Wildman–Crippen MR) is 67.4 cm³/mol. The molecule has 0 bridgehead atoms. The lowest BCUT2D eigenvalue weighted by Crippen LogP contribution is -2.06. The topological polar surface area (TPSA) is 68.1 Å². The first-order valence-corrected chi connectivity index (χ1v) is 6.25. The molecule has 0 saturated carbocycles. The quantitative estimate of drug-likeness (QED) is 0.529. The largest absolute Gasteiger partial charge is 0.374 e. The van der Waals surface area contributed by atoms with E-state index in [9.17, 15) is 23.3 Å². The van der Waals surface area contributed by atoms with Gasteiger partial charge < -0.3 is 5.32 Å². The van der Waals surface area contributed by atoms with E-state index in [1.165, 1.54) is 6.20 Å². The Bertz CT molecular complexity index is 680. The van der Waals surface area contributed by atoms with Gasteiger partial charge in [-0.1, -0.05) is 11.6 Å². The highest BCUT2D eigenvalue weighted by atomic mass is 35.5. The number of nitrogens with zero attached hydrogens (tertiary/aromatic N) is 2. The van der Waals surface area contributed by atoms with Gasteiger partial charge in [0.25, 0.3) is 0 Å². The summed E-state index contributed by atoms with van der Waals surface area (Å²) in [5.41, 5.74) is -1.62. The molecule has 0 amide bonds. The third-order valence-electron chi connectivity index (χ3n) is 2.30. The summed E-state index contributed by atoms with van der Waals surface area (Å²) in [6, 6.07) is 0.527. The van der Waals surface area contributed by atoms with Gasteiger partial charge in [0.15, 0.2) is 10.3 Å². The van der Waals surface area contributed by atoms with Crippen LogP contribution in [0.2, 0.25) is 4.47 Å². The Hall–Kier alpha value is -1.87. The molecule has 0 spiro atoms. The van der Waals surface area contributed by atoms with Gasteiger partial charge in [0, 0.05) is 17.1 Å². The Balaban J connectivity index is 2.33. The molecule has 0 aliphatic carbocycles. The van der Waals surface area contributed by atoms with Crippen LogP contribution in [0.15, 0.2) is 12.3 Å². The molecule has 1 aromatic heterocycles. The average molecular weight is 324 g/mol. The third-order valence-corrected chi connectivity index (χ3v) is 3.41. The number of nitro groups is 1. The lowest BCUT2D eigenvalue weighted by Gasteiger charge is -2.07. The number of thiazole rings is 1. The number of aromatic nitrogens is 1.